The van der Waals surface area contributed by atoms with Crippen molar-refractivity contribution >= 4 is 11.7 Å². The highest BCUT2D eigenvalue weighted by Crippen LogP contribution is 2.30. The van der Waals surface area contributed by atoms with Gasteiger partial charge in [0.2, 0.25) is 0 Å². The molecule has 1 saturated carbocycles. The van der Waals surface area contributed by atoms with Gasteiger partial charge >= 0.3 is 5.97 Å². The second-order valence-electron chi connectivity index (χ2n) is 5.93. The van der Waals surface area contributed by atoms with Gasteiger partial charge in [0.25, 0.3) is 0 Å². The molecule has 2 unspecified atom stereocenters. The summed E-state index contributed by atoms with van der Waals surface area (Å²) < 4.78 is 5.53. The van der Waals surface area contributed by atoms with E-state index in [4.69, 9.17) is 4.74 Å². The molecular formula is C16H23NO3. The molecule has 4 heteroatoms. The summed E-state index contributed by atoms with van der Waals surface area (Å²) in [5.74, 6) is 1.25. The average molecular weight is 277 g/mol. The number of ether oxygens (including phenoxy) is 1. The Morgan fingerprint density at radius 3 is 2.40 bits per heavy atom. The smallest absolute Gasteiger partial charge is 0.325 e. The lowest BCUT2D eigenvalue weighted by atomic mass is 9.82. The molecule has 110 valence electrons. The van der Waals surface area contributed by atoms with Crippen LogP contribution in [-0.2, 0) is 9.53 Å². The minimum absolute atomic E-state index is 0.0582. The third-order valence-electron chi connectivity index (χ3n) is 3.74. The molecule has 2 rings (SSSR count). The summed E-state index contributed by atoms with van der Waals surface area (Å²) in [6.07, 6.45) is 3.22. The van der Waals surface area contributed by atoms with Crippen LogP contribution in [0.4, 0.5) is 5.69 Å². The molecule has 1 aromatic rings. The molecule has 2 atom stereocenters. The molecule has 1 fully saturated rings. The minimum atomic E-state index is -0.218. The Kier molecular flexibility index (Phi) is 4.88. The van der Waals surface area contributed by atoms with Crippen LogP contribution in [0.25, 0.3) is 0 Å². The molecule has 0 bridgehead atoms. The van der Waals surface area contributed by atoms with Crippen molar-refractivity contribution in [3.8, 4) is 5.75 Å². The van der Waals surface area contributed by atoms with Gasteiger partial charge in [0, 0.05) is 5.69 Å². The molecule has 0 saturated heterocycles. The van der Waals surface area contributed by atoms with Crippen molar-refractivity contribution in [1.29, 1.82) is 0 Å². The highest BCUT2D eigenvalue weighted by molar-refractivity contribution is 5.75. The number of phenols is 1. The van der Waals surface area contributed by atoms with Gasteiger partial charge in [-0.25, -0.2) is 0 Å². The van der Waals surface area contributed by atoms with Gasteiger partial charge in [0.05, 0.1) is 0 Å². The Morgan fingerprint density at radius 1 is 1.20 bits per heavy atom. The lowest BCUT2D eigenvalue weighted by molar-refractivity contribution is -0.149. The van der Waals surface area contributed by atoms with Gasteiger partial charge in [-0.1, -0.05) is 13.8 Å². The molecule has 0 radical (unpaired) electrons. The maximum absolute atomic E-state index is 11.8. The minimum Gasteiger partial charge on any atom is -0.508 e. The predicted octanol–water partition coefficient (Wildman–Crippen LogP) is 3.17. The fourth-order valence-electron chi connectivity index (χ4n) is 2.95. The lowest BCUT2D eigenvalue weighted by Crippen LogP contribution is -2.30. The number of benzene rings is 1. The van der Waals surface area contributed by atoms with E-state index in [-0.39, 0.29) is 24.4 Å². The number of rotatable bonds is 4. The average Bonchev–Trinajstić information content (AvgIpc) is 2.37. The van der Waals surface area contributed by atoms with Crippen molar-refractivity contribution in [3.05, 3.63) is 24.3 Å². The molecule has 0 amide bonds. The molecule has 20 heavy (non-hydrogen) atoms. The summed E-state index contributed by atoms with van der Waals surface area (Å²) in [6, 6.07) is 6.62. The number of aromatic hydroxyl groups is 1. The molecular weight excluding hydrogens is 254 g/mol. The largest absolute Gasteiger partial charge is 0.508 e. The Labute approximate surface area is 120 Å². The first-order chi connectivity index (χ1) is 9.52. The van der Waals surface area contributed by atoms with Crippen LogP contribution in [0.5, 0.6) is 5.75 Å². The maximum atomic E-state index is 11.8. The van der Waals surface area contributed by atoms with Crippen LogP contribution in [0, 0.1) is 11.8 Å². The molecule has 0 aliphatic heterocycles. The fraction of sp³-hybridized carbons (Fsp3) is 0.562. The van der Waals surface area contributed by atoms with Gasteiger partial charge in [-0.15, -0.1) is 0 Å². The number of nitrogens with one attached hydrogen (secondary N) is 1. The molecule has 1 aromatic carbocycles. The van der Waals surface area contributed by atoms with Gasteiger partial charge in [0.15, 0.2) is 0 Å². The van der Waals surface area contributed by atoms with E-state index in [0.717, 1.165) is 18.5 Å². The number of phenolic OH excluding ortho intramolecular Hbond substituents is 1. The van der Waals surface area contributed by atoms with Crippen molar-refractivity contribution < 1.29 is 14.6 Å². The summed E-state index contributed by atoms with van der Waals surface area (Å²) in [7, 11) is 0. The van der Waals surface area contributed by atoms with Crippen LogP contribution < -0.4 is 5.32 Å². The van der Waals surface area contributed by atoms with E-state index >= 15 is 0 Å². The van der Waals surface area contributed by atoms with Crippen LogP contribution in [0.1, 0.15) is 33.1 Å². The van der Waals surface area contributed by atoms with Crippen LogP contribution >= 0.6 is 0 Å². The standard InChI is InChI=1S/C16H23NO3/c1-11-7-12(2)9-15(8-11)20-16(19)10-17-13-3-5-14(18)6-4-13/h3-6,11-12,15,17-18H,7-10H2,1-2H3. The number of esters is 1. The van der Waals surface area contributed by atoms with Crippen LogP contribution in [-0.4, -0.2) is 23.7 Å². The van der Waals surface area contributed by atoms with Crippen LogP contribution in [0.15, 0.2) is 24.3 Å². The third-order valence-corrected chi connectivity index (χ3v) is 3.74. The van der Waals surface area contributed by atoms with Crippen molar-refractivity contribution in [2.24, 2.45) is 11.8 Å². The summed E-state index contributed by atoms with van der Waals surface area (Å²) in [5, 5.41) is 12.2. The SMILES string of the molecule is CC1CC(C)CC(OC(=O)CNc2ccc(O)cc2)C1. The van der Waals surface area contributed by atoms with Gasteiger partial charge in [-0.3, -0.25) is 4.79 Å². The number of hydrogen-bond acceptors (Lipinski definition) is 4. The van der Waals surface area contributed by atoms with E-state index in [1.807, 2.05) is 0 Å². The summed E-state index contributed by atoms with van der Waals surface area (Å²) >= 11 is 0. The zero-order valence-corrected chi connectivity index (χ0v) is 12.1. The molecule has 1 aliphatic rings. The zero-order valence-electron chi connectivity index (χ0n) is 12.1. The van der Waals surface area contributed by atoms with Crippen molar-refractivity contribution in [2.75, 3.05) is 11.9 Å². The van der Waals surface area contributed by atoms with E-state index in [1.165, 1.54) is 6.42 Å². The van der Waals surface area contributed by atoms with Gasteiger partial charge in [0.1, 0.15) is 18.4 Å². The molecule has 0 spiro atoms. The molecule has 0 heterocycles. The van der Waals surface area contributed by atoms with E-state index in [0.29, 0.717) is 11.8 Å². The molecule has 4 nitrogen and oxygen atoms in total. The number of hydrogen-bond donors (Lipinski definition) is 2. The maximum Gasteiger partial charge on any atom is 0.325 e. The second-order valence-corrected chi connectivity index (χ2v) is 5.93. The monoisotopic (exact) mass is 277 g/mol. The first-order valence-corrected chi connectivity index (χ1v) is 7.25. The zero-order chi connectivity index (χ0) is 14.5. The highest BCUT2D eigenvalue weighted by Gasteiger charge is 2.26. The normalized spacial score (nSPS) is 26.0. The van der Waals surface area contributed by atoms with Crippen molar-refractivity contribution in [2.45, 2.75) is 39.2 Å². The summed E-state index contributed by atoms with van der Waals surface area (Å²) in [6.45, 7) is 4.58. The van der Waals surface area contributed by atoms with Gasteiger partial charge < -0.3 is 15.2 Å². The lowest BCUT2D eigenvalue weighted by Gasteiger charge is -2.31. The van der Waals surface area contributed by atoms with E-state index in [1.54, 1.807) is 24.3 Å². The van der Waals surface area contributed by atoms with E-state index in [2.05, 4.69) is 19.2 Å². The molecule has 0 aromatic heterocycles. The number of carbonyl (C=O) groups excluding carboxylic acids is 1. The Balaban J connectivity index is 1.76. The van der Waals surface area contributed by atoms with E-state index in [9.17, 15) is 9.90 Å². The van der Waals surface area contributed by atoms with E-state index < -0.39 is 0 Å². The molecule has 2 N–H and O–H groups in total. The van der Waals surface area contributed by atoms with Crippen LogP contribution in [0.3, 0.4) is 0 Å². The van der Waals surface area contributed by atoms with Crippen LogP contribution in [0.2, 0.25) is 0 Å². The van der Waals surface area contributed by atoms with Gasteiger partial charge in [-0.2, -0.15) is 0 Å². The summed E-state index contributed by atoms with van der Waals surface area (Å²) in [4.78, 5) is 11.8. The van der Waals surface area contributed by atoms with Crippen molar-refractivity contribution in [1.82, 2.24) is 0 Å². The Hall–Kier alpha value is -1.71. The van der Waals surface area contributed by atoms with Crippen molar-refractivity contribution in [3.63, 3.8) is 0 Å². The summed E-state index contributed by atoms with van der Waals surface area (Å²) in [5.41, 5.74) is 0.796. The Bertz CT molecular complexity index is 434. The molecule has 1 aliphatic carbocycles. The van der Waals surface area contributed by atoms with Gasteiger partial charge in [-0.05, 0) is 55.4 Å². The predicted molar refractivity (Wildman–Crippen MR) is 78.7 cm³/mol. The topological polar surface area (TPSA) is 58.6 Å². The second kappa shape index (κ2) is 6.64. The quantitative estimate of drug-likeness (QED) is 0.655. The fourth-order valence-corrected chi connectivity index (χ4v) is 2.95. The first kappa shape index (κ1) is 14.7. The number of anilines is 1. The Morgan fingerprint density at radius 2 is 1.80 bits per heavy atom. The highest BCUT2D eigenvalue weighted by atomic mass is 16.5. The first-order valence-electron chi connectivity index (χ1n) is 7.25. The number of carbonyl (C=O) groups is 1. The third kappa shape index (κ3) is 4.44.